The number of furan rings is 1. The molecule has 0 saturated carbocycles. The Labute approximate surface area is 95.0 Å². The van der Waals surface area contributed by atoms with Crippen LogP contribution in [0.15, 0.2) is 40.2 Å². The molecule has 7 nitrogen and oxygen atoms in total. The van der Waals surface area contributed by atoms with E-state index in [1.54, 1.807) is 12.1 Å². The lowest BCUT2D eigenvalue weighted by atomic mass is 10.2. The van der Waals surface area contributed by atoms with Gasteiger partial charge in [0, 0.05) is 11.1 Å². The molecule has 0 bridgehead atoms. The summed E-state index contributed by atoms with van der Waals surface area (Å²) < 4.78 is 5.11. The molecular weight excluding hydrogens is 224 g/mol. The molecular formula is C10H6N4O3. The van der Waals surface area contributed by atoms with Crippen molar-refractivity contribution in [1.82, 2.24) is 4.98 Å². The minimum atomic E-state index is -1.20. The van der Waals surface area contributed by atoms with Crippen LogP contribution in [0.2, 0.25) is 0 Å². The number of carboxylic acid groups (broad SMARTS) is 1. The zero-order chi connectivity index (χ0) is 12.3. The van der Waals surface area contributed by atoms with Gasteiger partial charge in [0.2, 0.25) is 0 Å². The summed E-state index contributed by atoms with van der Waals surface area (Å²) in [4.78, 5) is 17.3. The number of nitrogens with zero attached hydrogens (tertiary/aromatic N) is 4. The lowest BCUT2D eigenvalue weighted by Gasteiger charge is -2.01. The van der Waals surface area contributed by atoms with E-state index in [1.807, 2.05) is 0 Å². The third-order valence-corrected chi connectivity index (χ3v) is 2.04. The second kappa shape index (κ2) is 4.38. The zero-order valence-electron chi connectivity index (χ0n) is 8.44. The summed E-state index contributed by atoms with van der Waals surface area (Å²) in [5, 5.41) is 12.2. The molecule has 0 saturated heterocycles. The third-order valence-electron chi connectivity index (χ3n) is 2.04. The summed E-state index contributed by atoms with van der Waals surface area (Å²) >= 11 is 0. The van der Waals surface area contributed by atoms with Gasteiger partial charge in [-0.15, -0.1) is 0 Å². The number of aromatic carboxylic acids is 1. The quantitative estimate of drug-likeness (QED) is 0.496. The number of rotatable bonds is 3. The van der Waals surface area contributed by atoms with Gasteiger partial charge in [0.1, 0.15) is 5.69 Å². The van der Waals surface area contributed by atoms with Crippen LogP contribution in [-0.2, 0) is 0 Å². The molecule has 7 heteroatoms. The molecule has 0 aliphatic rings. The van der Waals surface area contributed by atoms with E-state index < -0.39 is 5.97 Å². The highest BCUT2D eigenvalue weighted by Gasteiger charge is 2.12. The summed E-state index contributed by atoms with van der Waals surface area (Å²) in [5.41, 5.74) is 8.62. The summed E-state index contributed by atoms with van der Waals surface area (Å²) in [6.07, 6.45) is 2.60. The Morgan fingerprint density at radius 3 is 3.00 bits per heavy atom. The van der Waals surface area contributed by atoms with Crippen LogP contribution in [0.3, 0.4) is 0 Å². The van der Waals surface area contributed by atoms with Crippen LogP contribution in [0.5, 0.6) is 0 Å². The van der Waals surface area contributed by atoms with Gasteiger partial charge in [0.15, 0.2) is 5.76 Å². The molecule has 84 valence electrons. The Balaban J connectivity index is 2.57. The molecule has 0 amide bonds. The lowest BCUT2D eigenvalue weighted by molar-refractivity contribution is 0.0697. The Kier molecular flexibility index (Phi) is 2.76. The van der Waals surface area contributed by atoms with Crippen LogP contribution >= 0.6 is 0 Å². The first-order chi connectivity index (χ1) is 8.22. The van der Waals surface area contributed by atoms with Crippen molar-refractivity contribution in [3.8, 4) is 11.5 Å². The first-order valence-corrected chi connectivity index (χ1v) is 4.54. The molecule has 2 heterocycles. The van der Waals surface area contributed by atoms with E-state index in [2.05, 4.69) is 15.0 Å². The first kappa shape index (κ1) is 10.7. The average Bonchev–Trinajstić information content (AvgIpc) is 2.82. The van der Waals surface area contributed by atoms with Crippen molar-refractivity contribution in [1.29, 1.82) is 0 Å². The van der Waals surface area contributed by atoms with Crippen molar-refractivity contribution in [2.24, 2.45) is 5.11 Å². The Bertz CT molecular complexity index is 600. The predicted octanol–water partition coefficient (Wildman–Crippen LogP) is 2.98. The number of carboxylic acids is 1. The van der Waals surface area contributed by atoms with Gasteiger partial charge in [-0.2, -0.15) is 0 Å². The molecule has 2 rings (SSSR count). The van der Waals surface area contributed by atoms with Crippen LogP contribution < -0.4 is 0 Å². The van der Waals surface area contributed by atoms with E-state index in [0.717, 1.165) is 6.20 Å². The molecule has 0 aromatic carbocycles. The average molecular weight is 230 g/mol. The summed E-state index contributed by atoms with van der Waals surface area (Å²) in [6.45, 7) is 0. The van der Waals surface area contributed by atoms with Crippen LogP contribution in [0.1, 0.15) is 10.4 Å². The highest BCUT2D eigenvalue weighted by atomic mass is 16.4. The van der Waals surface area contributed by atoms with E-state index in [4.69, 9.17) is 15.1 Å². The lowest BCUT2D eigenvalue weighted by Crippen LogP contribution is -1.98. The van der Waals surface area contributed by atoms with Gasteiger partial charge in [0.05, 0.1) is 17.5 Å². The highest BCUT2D eigenvalue weighted by Crippen LogP contribution is 2.25. The smallest absolute Gasteiger partial charge is 0.337 e. The molecule has 0 atom stereocenters. The van der Waals surface area contributed by atoms with Gasteiger partial charge in [0.25, 0.3) is 0 Å². The molecule has 0 aliphatic carbocycles. The predicted molar refractivity (Wildman–Crippen MR) is 57.7 cm³/mol. The van der Waals surface area contributed by atoms with Crippen LogP contribution in [-0.4, -0.2) is 16.1 Å². The monoisotopic (exact) mass is 230 g/mol. The molecule has 0 aliphatic heterocycles. The minimum absolute atomic E-state index is 0.00130. The fourth-order valence-electron chi connectivity index (χ4n) is 1.30. The fourth-order valence-corrected chi connectivity index (χ4v) is 1.30. The molecule has 0 radical (unpaired) electrons. The van der Waals surface area contributed by atoms with Crippen molar-refractivity contribution in [2.45, 2.75) is 0 Å². The standard InChI is InChI=1S/C10H6N4O3/c11-14-13-7-4-8(9-2-1-3-17-9)12-5-6(7)10(15)16/h1-5H,(H,15,16). The number of aromatic nitrogens is 1. The molecule has 2 aromatic heterocycles. The van der Waals surface area contributed by atoms with Crippen LogP contribution in [0.25, 0.3) is 21.9 Å². The zero-order valence-corrected chi connectivity index (χ0v) is 8.44. The van der Waals surface area contributed by atoms with E-state index in [-0.39, 0.29) is 11.3 Å². The van der Waals surface area contributed by atoms with E-state index in [0.29, 0.717) is 11.5 Å². The van der Waals surface area contributed by atoms with Gasteiger partial charge in [-0.05, 0) is 23.7 Å². The van der Waals surface area contributed by atoms with Crippen LogP contribution in [0, 0.1) is 0 Å². The van der Waals surface area contributed by atoms with Gasteiger partial charge >= 0.3 is 5.97 Å². The molecule has 1 N–H and O–H groups in total. The molecule has 0 fully saturated rings. The van der Waals surface area contributed by atoms with Crippen molar-refractivity contribution >= 4 is 11.7 Å². The number of hydrogen-bond acceptors (Lipinski definition) is 4. The Morgan fingerprint density at radius 2 is 2.41 bits per heavy atom. The van der Waals surface area contributed by atoms with Gasteiger partial charge in [-0.25, -0.2) is 4.79 Å². The second-order valence-corrected chi connectivity index (χ2v) is 3.06. The summed E-state index contributed by atoms with van der Waals surface area (Å²) in [6, 6.07) is 4.71. The van der Waals surface area contributed by atoms with E-state index >= 15 is 0 Å². The van der Waals surface area contributed by atoms with E-state index in [9.17, 15) is 4.79 Å². The maximum Gasteiger partial charge on any atom is 0.337 e. The number of pyridine rings is 1. The largest absolute Gasteiger partial charge is 0.478 e. The highest BCUT2D eigenvalue weighted by molar-refractivity contribution is 5.93. The van der Waals surface area contributed by atoms with Crippen LogP contribution in [0.4, 0.5) is 5.69 Å². The summed E-state index contributed by atoms with van der Waals surface area (Å²) in [5.74, 6) is -0.734. The Morgan fingerprint density at radius 1 is 1.59 bits per heavy atom. The maximum atomic E-state index is 10.8. The molecule has 2 aromatic rings. The van der Waals surface area contributed by atoms with Crippen molar-refractivity contribution in [2.75, 3.05) is 0 Å². The first-order valence-electron chi connectivity index (χ1n) is 4.54. The normalized spacial score (nSPS) is 9.65. The van der Waals surface area contributed by atoms with E-state index in [1.165, 1.54) is 12.3 Å². The third kappa shape index (κ3) is 2.09. The fraction of sp³-hybridized carbons (Fsp3) is 0. The molecule has 0 unspecified atom stereocenters. The van der Waals surface area contributed by atoms with Gasteiger partial charge in [-0.1, -0.05) is 5.11 Å². The topological polar surface area (TPSA) is 112 Å². The molecule has 0 spiro atoms. The minimum Gasteiger partial charge on any atom is -0.478 e. The van der Waals surface area contributed by atoms with Crippen molar-refractivity contribution < 1.29 is 14.3 Å². The summed E-state index contributed by atoms with van der Waals surface area (Å²) in [7, 11) is 0. The SMILES string of the molecule is [N-]=[N+]=Nc1cc(-c2ccco2)ncc1C(=O)O. The molecule has 17 heavy (non-hydrogen) atoms. The maximum absolute atomic E-state index is 10.8. The second-order valence-electron chi connectivity index (χ2n) is 3.06. The van der Waals surface area contributed by atoms with Gasteiger partial charge < -0.3 is 9.52 Å². The number of azide groups is 1. The van der Waals surface area contributed by atoms with Crippen molar-refractivity contribution in [3.63, 3.8) is 0 Å². The number of carbonyl (C=O) groups is 1. The van der Waals surface area contributed by atoms with Crippen molar-refractivity contribution in [3.05, 3.63) is 46.7 Å². The Hall–Kier alpha value is -2.79. The number of hydrogen-bond donors (Lipinski definition) is 1. The van der Waals surface area contributed by atoms with Gasteiger partial charge in [-0.3, -0.25) is 4.98 Å².